The average Bonchev–Trinajstić information content (AvgIpc) is 3.63. The molecule has 196 valence electrons. The maximum atomic E-state index is 13.5. The number of sulfone groups is 1. The molecule has 0 radical (unpaired) electrons. The maximum absolute atomic E-state index is 13.5. The highest BCUT2D eigenvalue weighted by Crippen LogP contribution is 2.49. The number of urea groups is 1. The van der Waals surface area contributed by atoms with Crippen LogP contribution in [0.4, 0.5) is 16.3 Å². The molecule has 1 aromatic carbocycles. The van der Waals surface area contributed by atoms with Crippen LogP contribution in [0.5, 0.6) is 0 Å². The van der Waals surface area contributed by atoms with Gasteiger partial charge in [0.2, 0.25) is 0 Å². The van der Waals surface area contributed by atoms with E-state index >= 15 is 0 Å². The van der Waals surface area contributed by atoms with Crippen LogP contribution < -0.4 is 15.5 Å². The molecule has 3 heterocycles. The maximum Gasteiger partial charge on any atom is 0.318 e. The third-order valence-corrected chi connectivity index (χ3v) is 9.37. The number of hydrogen-bond acceptors (Lipinski definition) is 8. The minimum absolute atomic E-state index is 0.124. The molecular formula is C25H31N7O4S. The number of benzene rings is 1. The lowest BCUT2D eigenvalue weighted by Crippen LogP contribution is -2.44. The number of amides is 2. The van der Waals surface area contributed by atoms with Gasteiger partial charge in [-0.2, -0.15) is 5.10 Å². The SMILES string of the molecule is CNC(=O)Nc1ccc(-c2nc(C3CC3S(=O)(=O)c3c(C)n[nH]c3C)cc(N3CCOC[C@@H]3C)n2)cc1. The first kappa shape index (κ1) is 25.2. The molecule has 37 heavy (non-hydrogen) atoms. The van der Waals surface area contributed by atoms with Crippen molar-refractivity contribution < 1.29 is 17.9 Å². The zero-order chi connectivity index (χ0) is 26.3. The molecule has 1 aliphatic heterocycles. The van der Waals surface area contributed by atoms with Gasteiger partial charge < -0.3 is 20.3 Å². The van der Waals surface area contributed by atoms with Gasteiger partial charge >= 0.3 is 6.03 Å². The van der Waals surface area contributed by atoms with Crippen molar-refractivity contribution in [3.63, 3.8) is 0 Å². The number of aryl methyl sites for hydroxylation is 2. The van der Waals surface area contributed by atoms with Gasteiger partial charge in [-0.05, 0) is 51.5 Å². The Balaban J connectivity index is 1.50. The summed E-state index contributed by atoms with van der Waals surface area (Å²) in [6, 6.07) is 8.99. The Morgan fingerprint density at radius 3 is 2.59 bits per heavy atom. The number of carbonyl (C=O) groups excluding carboxylic acids is 1. The quantitative estimate of drug-likeness (QED) is 0.446. The summed E-state index contributed by atoms with van der Waals surface area (Å²) in [7, 11) is -2.01. The third kappa shape index (κ3) is 4.90. The van der Waals surface area contributed by atoms with E-state index in [2.05, 4.69) is 32.7 Å². The third-order valence-electron chi connectivity index (χ3n) is 6.88. The Morgan fingerprint density at radius 2 is 1.95 bits per heavy atom. The summed E-state index contributed by atoms with van der Waals surface area (Å²) in [6.07, 6.45) is 0.496. The Labute approximate surface area is 216 Å². The number of nitrogens with zero attached hydrogens (tertiary/aromatic N) is 4. The molecule has 2 aliphatic rings. The first-order chi connectivity index (χ1) is 17.7. The summed E-state index contributed by atoms with van der Waals surface area (Å²) in [5.41, 5.74) is 3.16. The Kier molecular flexibility index (Phi) is 6.63. The molecule has 2 unspecified atom stereocenters. The molecular weight excluding hydrogens is 494 g/mol. The van der Waals surface area contributed by atoms with Gasteiger partial charge in [0.1, 0.15) is 10.7 Å². The van der Waals surface area contributed by atoms with Crippen LogP contribution in [0.2, 0.25) is 0 Å². The first-order valence-electron chi connectivity index (χ1n) is 12.3. The molecule has 1 saturated heterocycles. The summed E-state index contributed by atoms with van der Waals surface area (Å²) < 4.78 is 32.5. The zero-order valence-corrected chi connectivity index (χ0v) is 22.1. The topological polar surface area (TPSA) is 142 Å². The number of nitrogens with one attached hydrogen (secondary N) is 3. The van der Waals surface area contributed by atoms with Gasteiger partial charge in [0.25, 0.3) is 0 Å². The Morgan fingerprint density at radius 1 is 1.19 bits per heavy atom. The van der Waals surface area contributed by atoms with Crippen molar-refractivity contribution in [3.8, 4) is 11.4 Å². The normalized spacial score (nSPS) is 21.5. The average molecular weight is 526 g/mol. The Hall–Kier alpha value is -3.51. The smallest absolute Gasteiger partial charge is 0.318 e. The number of rotatable bonds is 6. The highest BCUT2D eigenvalue weighted by Gasteiger charge is 2.51. The van der Waals surface area contributed by atoms with Crippen molar-refractivity contribution in [1.29, 1.82) is 0 Å². The van der Waals surface area contributed by atoms with E-state index in [1.165, 1.54) is 0 Å². The minimum atomic E-state index is -3.56. The molecule has 2 fully saturated rings. The van der Waals surface area contributed by atoms with E-state index in [0.717, 1.165) is 11.4 Å². The molecule has 3 atom stereocenters. The van der Waals surface area contributed by atoms with E-state index in [-0.39, 0.29) is 22.9 Å². The van der Waals surface area contributed by atoms with Crippen molar-refractivity contribution >= 4 is 27.4 Å². The number of morpholine rings is 1. The van der Waals surface area contributed by atoms with Gasteiger partial charge in [0.05, 0.1) is 41.6 Å². The van der Waals surface area contributed by atoms with E-state index in [9.17, 15) is 13.2 Å². The highest BCUT2D eigenvalue weighted by molar-refractivity contribution is 7.92. The molecule has 0 bridgehead atoms. The second-order valence-electron chi connectivity index (χ2n) is 9.56. The summed E-state index contributed by atoms with van der Waals surface area (Å²) in [6.45, 7) is 7.39. The fraction of sp³-hybridized carbons (Fsp3) is 0.440. The predicted octanol–water partition coefficient (Wildman–Crippen LogP) is 2.79. The van der Waals surface area contributed by atoms with Crippen molar-refractivity contribution in [2.75, 3.05) is 37.0 Å². The second kappa shape index (κ2) is 9.75. The standard InChI is InChI=1S/C25H31N7O4S/c1-14-13-36-10-9-32(14)22-12-20(19-11-21(19)37(34,35)23-15(2)30-31-16(23)3)28-24(29-22)17-5-7-18(8-6-17)27-25(33)26-4/h5-8,12,14,19,21H,9-11,13H2,1-4H3,(H,30,31)(H2,26,27,33)/t14-,19?,21?/m0/s1. The minimum Gasteiger partial charge on any atom is -0.377 e. The largest absolute Gasteiger partial charge is 0.377 e. The second-order valence-corrected chi connectivity index (χ2v) is 11.7. The van der Waals surface area contributed by atoms with Crippen LogP contribution in [0.15, 0.2) is 35.2 Å². The van der Waals surface area contributed by atoms with Gasteiger partial charge in [-0.25, -0.2) is 23.2 Å². The van der Waals surface area contributed by atoms with Crippen molar-refractivity contribution in [2.45, 2.75) is 49.3 Å². The summed E-state index contributed by atoms with van der Waals surface area (Å²) in [5, 5.41) is 11.6. The number of H-pyrrole nitrogens is 1. The van der Waals surface area contributed by atoms with E-state index in [1.807, 2.05) is 18.2 Å². The van der Waals surface area contributed by atoms with Gasteiger partial charge in [-0.15, -0.1) is 0 Å². The number of aromatic amines is 1. The van der Waals surface area contributed by atoms with Crippen LogP contribution in [-0.2, 0) is 14.6 Å². The van der Waals surface area contributed by atoms with Crippen LogP contribution in [-0.4, -0.2) is 72.7 Å². The summed E-state index contributed by atoms with van der Waals surface area (Å²) >= 11 is 0. The highest BCUT2D eigenvalue weighted by atomic mass is 32.2. The Bertz CT molecular complexity index is 1400. The number of ether oxygens (including phenoxy) is 1. The van der Waals surface area contributed by atoms with E-state index in [4.69, 9.17) is 14.7 Å². The van der Waals surface area contributed by atoms with Gasteiger partial charge in [0.15, 0.2) is 15.7 Å². The molecule has 0 spiro atoms. The molecule has 2 amide bonds. The van der Waals surface area contributed by atoms with E-state index < -0.39 is 15.1 Å². The molecule has 3 N–H and O–H groups in total. The van der Waals surface area contributed by atoms with E-state index in [0.29, 0.717) is 54.8 Å². The number of hydrogen-bond donors (Lipinski definition) is 3. The van der Waals surface area contributed by atoms with E-state index in [1.54, 1.807) is 33.0 Å². The molecule has 3 aromatic rings. The summed E-state index contributed by atoms with van der Waals surface area (Å²) in [4.78, 5) is 23.8. The molecule has 1 aliphatic carbocycles. The van der Waals surface area contributed by atoms with Gasteiger partial charge in [0, 0.05) is 36.8 Å². The molecule has 11 nitrogen and oxygen atoms in total. The number of aromatic nitrogens is 4. The fourth-order valence-corrected chi connectivity index (χ4v) is 7.08. The van der Waals surface area contributed by atoms with Crippen LogP contribution in [0.1, 0.15) is 36.3 Å². The molecule has 12 heteroatoms. The molecule has 2 aromatic heterocycles. The first-order valence-corrected chi connectivity index (χ1v) is 13.8. The van der Waals surface area contributed by atoms with Crippen molar-refractivity contribution in [2.24, 2.45) is 0 Å². The van der Waals surface area contributed by atoms with Crippen molar-refractivity contribution in [3.05, 3.63) is 47.4 Å². The molecule has 5 rings (SSSR count). The summed E-state index contributed by atoms with van der Waals surface area (Å²) in [5.74, 6) is 1.03. The lowest BCUT2D eigenvalue weighted by atomic mass is 10.1. The van der Waals surface area contributed by atoms with Crippen LogP contribution in [0, 0.1) is 13.8 Å². The van der Waals surface area contributed by atoms with Gasteiger partial charge in [-0.1, -0.05) is 0 Å². The van der Waals surface area contributed by atoms with Crippen LogP contribution in [0.3, 0.4) is 0 Å². The zero-order valence-electron chi connectivity index (χ0n) is 21.3. The molecule has 1 saturated carbocycles. The lowest BCUT2D eigenvalue weighted by Gasteiger charge is -2.34. The lowest BCUT2D eigenvalue weighted by molar-refractivity contribution is 0.0985. The van der Waals surface area contributed by atoms with Gasteiger partial charge in [-0.3, -0.25) is 5.10 Å². The monoisotopic (exact) mass is 525 g/mol. The number of anilines is 2. The fourth-order valence-electron chi connectivity index (χ4n) is 4.82. The van der Waals surface area contributed by atoms with Crippen molar-refractivity contribution in [1.82, 2.24) is 25.5 Å². The number of carbonyl (C=O) groups is 1. The van der Waals surface area contributed by atoms with Crippen LogP contribution in [0.25, 0.3) is 11.4 Å². The van der Waals surface area contributed by atoms with Crippen LogP contribution >= 0.6 is 0 Å². The predicted molar refractivity (Wildman–Crippen MR) is 140 cm³/mol.